The highest BCUT2D eigenvalue weighted by Crippen LogP contribution is 2.44. The van der Waals surface area contributed by atoms with Crippen molar-refractivity contribution in [3.63, 3.8) is 0 Å². The predicted octanol–water partition coefficient (Wildman–Crippen LogP) is 5.70. The van der Waals surface area contributed by atoms with Gasteiger partial charge in [-0.25, -0.2) is 4.98 Å². The molecule has 0 bridgehead atoms. The highest BCUT2D eigenvalue weighted by molar-refractivity contribution is 7.98. The Morgan fingerprint density at radius 3 is 3.00 bits per heavy atom. The van der Waals surface area contributed by atoms with Crippen molar-refractivity contribution >= 4 is 28.2 Å². The molecule has 120 valence electrons. The molecule has 1 N–H and O–H groups in total. The minimum atomic E-state index is 0.611. The average molecular weight is 345 g/mol. The van der Waals surface area contributed by atoms with Crippen molar-refractivity contribution in [3.05, 3.63) is 39.6 Å². The fraction of sp³-hybridized carbons (Fsp3) is 0.438. The molecular weight excluding hydrogens is 326 g/mol. The van der Waals surface area contributed by atoms with Crippen LogP contribution in [-0.4, -0.2) is 18.1 Å². The number of fused-ring (bicyclic) bond motifs is 3. The van der Waals surface area contributed by atoms with Crippen LogP contribution in [-0.2, 0) is 5.75 Å². The molecule has 0 unspecified atom stereocenters. The maximum Gasteiger partial charge on any atom is 0.183 e. The molecule has 23 heavy (non-hydrogen) atoms. The van der Waals surface area contributed by atoms with Gasteiger partial charge in [-0.3, -0.25) is 0 Å². The molecule has 2 heterocycles. The van der Waals surface area contributed by atoms with Crippen LogP contribution in [0.15, 0.2) is 34.3 Å². The summed E-state index contributed by atoms with van der Waals surface area (Å²) in [6.45, 7) is 1.56. The standard InChI is InChI=1S/C16H19N5S2/c17-21-19-10-6-2-1-5-9-18-16-20-15-12-7-3-4-8-13(12)22-11-14(15)23-16/h3-4,7-8H,1-2,5-6,9-11H2,(H,18,20). The Kier molecular flexibility index (Phi) is 5.80. The second-order valence-corrected chi connectivity index (χ2v) is 7.47. The van der Waals surface area contributed by atoms with Crippen LogP contribution >= 0.6 is 23.1 Å². The lowest BCUT2D eigenvalue weighted by atomic mass is 10.1. The summed E-state index contributed by atoms with van der Waals surface area (Å²) in [5.74, 6) is 1.02. The smallest absolute Gasteiger partial charge is 0.183 e. The zero-order valence-electron chi connectivity index (χ0n) is 12.9. The summed E-state index contributed by atoms with van der Waals surface area (Å²) in [4.78, 5) is 10.2. The summed E-state index contributed by atoms with van der Waals surface area (Å²) < 4.78 is 0. The molecule has 1 aromatic heterocycles. The molecule has 1 aromatic carbocycles. The molecule has 0 amide bonds. The van der Waals surface area contributed by atoms with E-state index in [2.05, 4.69) is 39.6 Å². The Morgan fingerprint density at radius 1 is 1.22 bits per heavy atom. The van der Waals surface area contributed by atoms with E-state index >= 15 is 0 Å². The molecule has 0 atom stereocenters. The average Bonchev–Trinajstić information content (AvgIpc) is 3.01. The number of aromatic nitrogens is 1. The number of azide groups is 1. The highest BCUT2D eigenvalue weighted by Gasteiger charge is 2.20. The molecule has 0 spiro atoms. The lowest BCUT2D eigenvalue weighted by molar-refractivity contribution is 0.660. The van der Waals surface area contributed by atoms with Gasteiger partial charge < -0.3 is 5.32 Å². The fourth-order valence-electron chi connectivity index (χ4n) is 2.57. The number of nitrogens with zero attached hydrogens (tertiary/aromatic N) is 4. The van der Waals surface area contributed by atoms with Gasteiger partial charge in [-0.15, -0.1) is 23.1 Å². The zero-order chi connectivity index (χ0) is 15.9. The second-order valence-electron chi connectivity index (χ2n) is 5.37. The maximum atomic E-state index is 8.20. The third kappa shape index (κ3) is 4.19. The number of benzene rings is 1. The van der Waals surface area contributed by atoms with E-state index in [1.54, 1.807) is 11.3 Å². The van der Waals surface area contributed by atoms with E-state index < -0.39 is 0 Å². The van der Waals surface area contributed by atoms with Crippen LogP contribution in [0, 0.1) is 0 Å². The van der Waals surface area contributed by atoms with Gasteiger partial charge in [-0.1, -0.05) is 36.2 Å². The van der Waals surface area contributed by atoms with Crippen LogP contribution < -0.4 is 5.32 Å². The van der Waals surface area contributed by atoms with E-state index in [0.717, 1.165) is 48.8 Å². The Morgan fingerprint density at radius 2 is 2.09 bits per heavy atom. The molecule has 2 aromatic rings. The number of anilines is 1. The largest absolute Gasteiger partial charge is 0.361 e. The molecular formula is C16H19N5S2. The topological polar surface area (TPSA) is 73.7 Å². The maximum absolute atomic E-state index is 8.20. The molecule has 1 aliphatic rings. The quantitative estimate of drug-likeness (QED) is 0.289. The number of hydrogen-bond acceptors (Lipinski definition) is 5. The number of unbranched alkanes of at least 4 members (excludes halogenated alkanes) is 3. The first-order valence-corrected chi connectivity index (χ1v) is 9.65. The number of thiazole rings is 1. The van der Waals surface area contributed by atoms with E-state index in [9.17, 15) is 0 Å². The third-order valence-electron chi connectivity index (χ3n) is 3.72. The molecule has 5 nitrogen and oxygen atoms in total. The summed E-state index contributed by atoms with van der Waals surface area (Å²) in [6, 6.07) is 8.50. The van der Waals surface area contributed by atoms with Crippen LogP contribution in [0.25, 0.3) is 21.7 Å². The predicted molar refractivity (Wildman–Crippen MR) is 98.1 cm³/mol. The van der Waals surface area contributed by atoms with Gasteiger partial charge in [0.25, 0.3) is 0 Å². The van der Waals surface area contributed by atoms with E-state index in [-0.39, 0.29) is 0 Å². The summed E-state index contributed by atoms with van der Waals surface area (Å²) in [5.41, 5.74) is 10.6. The Bertz CT molecular complexity index is 706. The Labute approximate surface area is 144 Å². The molecule has 0 saturated carbocycles. The SMILES string of the molecule is [N-]=[N+]=NCCCCCCNc1nc2c(s1)CSc1ccccc1-2. The van der Waals surface area contributed by atoms with Crippen molar-refractivity contribution in [1.82, 2.24) is 4.98 Å². The zero-order valence-corrected chi connectivity index (χ0v) is 14.5. The molecule has 1 aliphatic heterocycles. The minimum Gasteiger partial charge on any atom is -0.361 e. The molecule has 0 fully saturated rings. The first-order valence-electron chi connectivity index (χ1n) is 7.85. The van der Waals surface area contributed by atoms with E-state index in [1.165, 1.54) is 15.3 Å². The minimum absolute atomic E-state index is 0.611. The summed E-state index contributed by atoms with van der Waals surface area (Å²) >= 11 is 3.67. The first-order chi connectivity index (χ1) is 11.4. The molecule has 3 rings (SSSR count). The lowest BCUT2D eigenvalue weighted by Gasteiger charge is -2.13. The van der Waals surface area contributed by atoms with Crippen molar-refractivity contribution in [2.75, 3.05) is 18.4 Å². The van der Waals surface area contributed by atoms with Gasteiger partial charge in [0.1, 0.15) is 0 Å². The Hall–Kier alpha value is -1.69. The number of rotatable bonds is 8. The van der Waals surface area contributed by atoms with Crippen molar-refractivity contribution in [1.29, 1.82) is 0 Å². The lowest BCUT2D eigenvalue weighted by Crippen LogP contribution is -2.01. The van der Waals surface area contributed by atoms with Gasteiger partial charge in [0.2, 0.25) is 0 Å². The van der Waals surface area contributed by atoms with Crippen LogP contribution in [0.1, 0.15) is 30.6 Å². The molecule has 0 saturated heterocycles. The monoisotopic (exact) mass is 345 g/mol. The van der Waals surface area contributed by atoms with E-state index in [4.69, 9.17) is 10.5 Å². The number of hydrogen-bond donors (Lipinski definition) is 1. The third-order valence-corrected chi connectivity index (χ3v) is 6.02. The van der Waals surface area contributed by atoms with Crippen molar-refractivity contribution in [3.8, 4) is 11.3 Å². The van der Waals surface area contributed by atoms with Gasteiger partial charge in [-0.05, 0) is 24.4 Å². The van der Waals surface area contributed by atoms with Crippen LogP contribution in [0.3, 0.4) is 0 Å². The summed E-state index contributed by atoms with van der Waals surface area (Å²) in [6.07, 6.45) is 4.35. The first kappa shape index (κ1) is 16.2. The second kappa shape index (κ2) is 8.24. The van der Waals surface area contributed by atoms with Gasteiger partial charge in [-0.2, -0.15) is 0 Å². The van der Waals surface area contributed by atoms with Crippen LogP contribution in [0.2, 0.25) is 0 Å². The van der Waals surface area contributed by atoms with Crippen molar-refractivity contribution in [2.24, 2.45) is 5.11 Å². The number of thioether (sulfide) groups is 1. The normalized spacial score (nSPS) is 12.2. The van der Waals surface area contributed by atoms with Crippen molar-refractivity contribution in [2.45, 2.75) is 36.3 Å². The van der Waals surface area contributed by atoms with Crippen LogP contribution in [0.5, 0.6) is 0 Å². The van der Waals surface area contributed by atoms with E-state index in [1.807, 2.05) is 11.8 Å². The highest BCUT2D eigenvalue weighted by atomic mass is 32.2. The molecule has 0 aliphatic carbocycles. The summed E-state index contributed by atoms with van der Waals surface area (Å²) in [5, 5.41) is 8.03. The van der Waals surface area contributed by atoms with Gasteiger partial charge in [0, 0.05) is 39.1 Å². The van der Waals surface area contributed by atoms with Gasteiger partial charge in [0.05, 0.1) is 5.69 Å². The van der Waals surface area contributed by atoms with E-state index in [0.29, 0.717) is 6.54 Å². The Balaban J connectivity index is 1.48. The summed E-state index contributed by atoms with van der Waals surface area (Å²) in [7, 11) is 0. The molecule has 7 heteroatoms. The fourth-order valence-corrected chi connectivity index (χ4v) is 4.70. The van der Waals surface area contributed by atoms with Crippen molar-refractivity contribution < 1.29 is 0 Å². The van der Waals surface area contributed by atoms with Gasteiger partial charge in [0.15, 0.2) is 5.13 Å². The molecule has 0 radical (unpaired) electrons. The van der Waals surface area contributed by atoms with Crippen LogP contribution in [0.4, 0.5) is 5.13 Å². The van der Waals surface area contributed by atoms with Gasteiger partial charge >= 0.3 is 0 Å². The number of nitrogens with one attached hydrogen (secondary N) is 1.